The summed E-state index contributed by atoms with van der Waals surface area (Å²) in [6, 6.07) is 10.7. The summed E-state index contributed by atoms with van der Waals surface area (Å²) in [5.74, 6) is 0.115. The standard InChI is InChI=1S/C20H21NO6/c1-25-15-4-2-3-13(9-15)16-5-6-17(27-16)18(22)21-10-14-11-26-8-7-20(14,12-21)19(23)24/h2-6,9,14H,7-8,10-12H2,1H3,(H,23,24)/t14-,20+/m1/s1. The molecule has 0 aliphatic carbocycles. The van der Waals surface area contributed by atoms with Gasteiger partial charge in [-0.05, 0) is 30.7 Å². The number of hydrogen-bond donors (Lipinski definition) is 1. The van der Waals surface area contributed by atoms with Crippen LogP contribution in [0.2, 0.25) is 0 Å². The molecule has 1 aromatic carbocycles. The second-order valence-corrected chi connectivity index (χ2v) is 7.06. The van der Waals surface area contributed by atoms with Crippen LogP contribution in [-0.2, 0) is 9.53 Å². The number of benzene rings is 1. The van der Waals surface area contributed by atoms with Crippen LogP contribution in [0.1, 0.15) is 17.0 Å². The van der Waals surface area contributed by atoms with Gasteiger partial charge in [-0.15, -0.1) is 0 Å². The Kier molecular flexibility index (Phi) is 4.39. The van der Waals surface area contributed by atoms with E-state index in [1.165, 1.54) is 0 Å². The van der Waals surface area contributed by atoms with Gasteiger partial charge in [0.1, 0.15) is 11.5 Å². The lowest BCUT2D eigenvalue weighted by Gasteiger charge is -2.33. The average Bonchev–Trinajstić information content (AvgIpc) is 3.33. The van der Waals surface area contributed by atoms with Crippen LogP contribution in [0.25, 0.3) is 11.3 Å². The van der Waals surface area contributed by atoms with Crippen molar-refractivity contribution in [2.75, 3.05) is 33.4 Å². The summed E-state index contributed by atoms with van der Waals surface area (Å²) in [4.78, 5) is 26.4. The predicted molar refractivity (Wildman–Crippen MR) is 95.6 cm³/mol. The van der Waals surface area contributed by atoms with Crippen molar-refractivity contribution in [2.24, 2.45) is 11.3 Å². The first kappa shape index (κ1) is 17.6. The van der Waals surface area contributed by atoms with Gasteiger partial charge in [-0.25, -0.2) is 0 Å². The molecule has 0 unspecified atom stereocenters. The smallest absolute Gasteiger partial charge is 0.311 e. The second kappa shape index (κ2) is 6.74. The molecule has 2 aromatic rings. The monoisotopic (exact) mass is 371 g/mol. The number of carboxylic acid groups (broad SMARTS) is 1. The van der Waals surface area contributed by atoms with Gasteiger partial charge in [0, 0.05) is 31.2 Å². The number of likely N-dealkylation sites (tertiary alicyclic amines) is 1. The van der Waals surface area contributed by atoms with Crippen LogP contribution in [0.15, 0.2) is 40.8 Å². The number of ether oxygens (including phenoxy) is 2. The van der Waals surface area contributed by atoms with Gasteiger partial charge < -0.3 is 23.9 Å². The third-order valence-electron chi connectivity index (χ3n) is 5.59. The van der Waals surface area contributed by atoms with E-state index >= 15 is 0 Å². The van der Waals surface area contributed by atoms with Crippen molar-refractivity contribution in [3.63, 3.8) is 0 Å². The van der Waals surface area contributed by atoms with E-state index in [4.69, 9.17) is 13.9 Å². The predicted octanol–water partition coefficient (Wildman–Crippen LogP) is 2.52. The molecule has 7 heteroatoms. The van der Waals surface area contributed by atoms with Gasteiger partial charge in [-0.2, -0.15) is 0 Å². The van der Waals surface area contributed by atoms with Crippen molar-refractivity contribution >= 4 is 11.9 Å². The molecule has 2 saturated heterocycles. The normalized spacial score (nSPS) is 24.5. The fraction of sp³-hybridized carbons (Fsp3) is 0.400. The number of carbonyl (C=O) groups is 2. The SMILES string of the molecule is COc1cccc(-c2ccc(C(=O)N3C[C@@H]4COCC[C@]4(C(=O)O)C3)o2)c1. The molecule has 1 aromatic heterocycles. The maximum Gasteiger partial charge on any atom is 0.311 e. The molecule has 4 rings (SSSR count). The van der Waals surface area contributed by atoms with Crippen LogP contribution < -0.4 is 4.74 Å². The lowest BCUT2D eigenvalue weighted by atomic mass is 9.74. The fourth-order valence-corrected chi connectivity index (χ4v) is 3.99. The Labute approximate surface area is 156 Å². The van der Waals surface area contributed by atoms with Crippen LogP contribution in [0.4, 0.5) is 0 Å². The number of rotatable bonds is 4. The zero-order chi connectivity index (χ0) is 19.0. The minimum absolute atomic E-state index is 0.185. The highest BCUT2D eigenvalue weighted by Gasteiger charge is 2.55. The lowest BCUT2D eigenvalue weighted by molar-refractivity contribution is -0.157. The van der Waals surface area contributed by atoms with Crippen LogP contribution >= 0.6 is 0 Å². The molecular weight excluding hydrogens is 350 g/mol. The summed E-state index contributed by atoms with van der Waals surface area (Å²) < 4.78 is 16.4. The summed E-state index contributed by atoms with van der Waals surface area (Å²) in [5.41, 5.74) is -0.116. The number of nitrogens with zero attached hydrogens (tertiary/aromatic N) is 1. The lowest BCUT2D eigenvalue weighted by Crippen LogP contribution is -2.45. The molecule has 142 valence electrons. The van der Waals surface area contributed by atoms with E-state index in [9.17, 15) is 14.7 Å². The number of amides is 1. The average molecular weight is 371 g/mol. The number of methoxy groups -OCH3 is 1. The number of aliphatic carboxylic acids is 1. The van der Waals surface area contributed by atoms with Gasteiger partial charge in [-0.3, -0.25) is 9.59 Å². The van der Waals surface area contributed by atoms with Gasteiger partial charge in [0.15, 0.2) is 5.76 Å². The maximum absolute atomic E-state index is 12.9. The molecule has 7 nitrogen and oxygen atoms in total. The van der Waals surface area contributed by atoms with Crippen molar-refractivity contribution in [1.29, 1.82) is 0 Å². The number of carboxylic acids is 1. The zero-order valence-electron chi connectivity index (χ0n) is 15.0. The number of fused-ring (bicyclic) bond motifs is 1. The summed E-state index contributed by atoms with van der Waals surface area (Å²) in [5, 5.41) is 9.74. The molecule has 0 saturated carbocycles. The van der Waals surface area contributed by atoms with E-state index in [1.807, 2.05) is 24.3 Å². The summed E-state index contributed by atoms with van der Waals surface area (Å²) in [6.07, 6.45) is 0.421. The Morgan fingerprint density at radius 2 is 2.15 bits per heavy atom. The molecule has 2 atom stereocenters. The molecule has 2 fully saturated rings. The molecule has 2 aliphatic heterocycles. The van der Waals surface area contributed by atoms with E-state index in [0.717, 1.165) is 5.56 Å². The minimum Gasteiger partial charge on any atom is -0.497 e. The summed E-state index contributed by atoms with van der Waals surface area (Å²) in [6.45, 7) is 1.32. The van der Waals surface area contributed by atoms with Crippen molar-refractivity contribution in [1.82, 2.24) is 4.90 Å². The van der Waals surface area contributed by atoms with Crippen molar-refractivity contribution < 1.29 is 28.6 Å². The van der Waals surface area contributed by atoms with Crippen LogP contribution in [0.5, 0.6) is 5.75 Å². The highest BCUT2D eigenvalue weighted by molar-refractivity contribution is 5.93. The van der Waals surface area contributed by atoms with Gasteiger partial charge >= 0.3 is 5.97 Å². The largest absolute Gasteiger partial charge is 0.497 e. The molecule has 1 N–H and O–H groups in total. The first-order chi connectivity index (χ1) is 13.0. The van der Waals surface area contributed by atoms with Gasteiger partial charge in [-0.1, -0.05) is 12.1 Å². The van der Waals surface area contributed by atoms with E-state index in [1.54, 1.807) is 24.1 Å². The number of hydrogen-bond acceptors (Lipinski definition) is 5. The molecule has 0 spiro atoms. The highest BCUT2D eigenvalue weighted by atomic mass is 16.5. The molecule has 2 aliphatic rings. The van der Waals surface area contributed by atoms with Crippen LogP contribution in [0, 0.1) is 11.3 Å². The molecular formula is C20H21NO6. The molecule has 27 heavy (non-hydrogen) atoms. The van der Waals surface area contributed by atoms with Crippen LogP contribution in [-0.4, -0.2) is 55.3 Å². The van der Waals surface area contributed by atoms with E-state index in [0.29, 0.717) is 37.7 Å². The minimum atomic E-state index is -0.921. The van der Waals surface area contributed by atoms with Gasteiger partial charge in [0.25, 0.3) is 5.91 Å². The van der Waals surface area contributed by atoms with E-state index < -0.39 is 11.4 Å². The first-order valence-electron chi connectivity index (χ1n) is 8.88. The molecule has 0 radical (unpaired) electrons. The van der Waals surface area contributed by atoms with Crippen LogP contribution in [0.3, 0.4) is 0 Å². The quantitative estimate of drug-likeness (QED) is 0.888. The molecule has 1 amide bonds. The third kappa shape index (κ3) is 2.98. The topological polar surface area (TPSA) is 89.2 Å². The van der Waals surface area contributed by atoms with E-state index in [2.05, 4.69) is 0 Å². The van der Waals surface area contributed by atoms with Gasteiger partial charge in [0.2, 0.25) is 0 Å². The summed E-state index contributed by atoms with van der Waals surface area (Å²) >= 11 is 0. The molecule has 3 heterocycles. The highest BCUT2D eigenvalue weighted by Crippen LogP contribution is 2.43. The maximum atomic E-state index is 12.9. The Balaban J connectivity index is 1.55. The molecule has 0 bridgehead atoms. The Morgan fingerprint density at radius 1 is 1.30 bits per heavy atom. The number of furan rings is 1. The first-order valence-corrected chi connectivity index (χ1v) is 8.88. The number of carbonyl (C=O) groups excluding carboxylic acids is 1. The summed E-state index contributed by atoms with van der Waals surface area (Å²) in [7, 11) is 1.59. The second-order valence-electron chi connectivity index (χ2n) is 7.06. The van der Waals surface area contributed by atoms with Crippen molar-refractivity contribution in [2.45, 2.75) is 6.42 Å². The Morgan fingerprint density at radius 3 is 2.89 bits per heavy atom. The van der Waals surface area contributed by atoms with E-state index in [-0.39, 0.29) is 24.1 Å². The van der Waals surface area contributed by atoms with Crippen molar-refractivity contribution in [3.05, 3.63) is 42.2 Å². The van der Waals surface area contributed by atoms with Crippen molar-refractivity contribution in [3.8, 4) is 17.1 Å². The Hall–Kier alpha value is -2.80. The van der Waals surface area contributed by atoms with Gasteiger partial charge in [0.05, 0.1) is 19.1 Å². The Bertz CT molecular complexity index is 875. The third-order valence-corrected chi connectivity index (χ3v) is 5.59. The zero-order valence-corrected chi connectivity index (χ0v) is 15.0. The fourth-order valence-electron chi connectivity index (χ4n) is 3.99.